The number of amides is 1. The zero-order chi connectivity index (χ0) is 15.5. The van der Waals surface area contributed by atoms with E-state index in [0.717, 1.165) is 5.56 Å². The van der Waals surface area contributed by atoms with E-state index in [1.807, 2.05) is 30.3 Å². The minimum Gasteiger partial charge on any atom is -0.506 e. The number of nitrogens with one attached hydrogen (secondary N) is 2. The summed E-state index contributed by atoms with van der Waals surface area (Å²) in [6.07, 6.45) is 1.49. The number of carbonyl (C=O) groups excluding carboxylic acids is 1. The molecule has 0 fully saturated rings. The van der Waals surface area contributed by atoms with E-state index in [9.17, 15) is 14.7 Å². The van der Waals surface area contributed by atoms with Crippen LogP contribution in [0.2, 0.25) is 0 Å². The van der Waals surface area contributed by atoms with Gasteiger partial charge in [-0.25, -0.2) is 4.98 Å². The highest BCUT2D eigenvalue weighted by Gasteiger charge is 2.19. The van der Waals surface area contributed by atoms with Gasteiger partial charge in [0.15, 0.2) is 0 Å². The molecule has 6 heteroatoms. The van der Waals surface area contributed by atoms with Crippen LogP contribution >= 0.6 is 0 Å². The highest BCUT2D eigenvalue weighted by atomic mass is 16.3. The Balaban J connectivity index is 1.92. The van der Waals surface area contributed by atoms with Gasteiger partial charge in [0.2, 0.25) is 0 Å². The van der Waals surface area contributed by atoms with Crippen LogP contribution in [-0.4, -0.2) is 21.0 Å². The van der Waals surface area contributed by atoms with Crippen molar-refractivity contribution in [2.24, 2.45) is 0 Å². The summed E-state index contributed by atoms with van der Waals surface area (Å²) < 4.78 is 0. The standard InChI is InChI=1S/C16H13N3O3/c20-13-11-7-4-8-17-14(11)19-16(22)12(13)15(21)18-9-10-5-2-1-3-6-10/h1-8H,9H2,(H,18,21)(H2,17,19,20,22). The van der Waals surface area contributed by atoms with Gasteiger partial charge in [-0.2, -0.15) is 0 Å². The molecule has 0 aliphatic heterocycles. The van der Waals surface area contributed by atoms with Crippen LogP contribution in [0.25, 0.3) is 11.0 Å². The van der Waals surface area contributed by atoms with Gasteiger partial charge in [-0.1, -0.05) is 30.3 Å². The van der Waals surface area contributed by atoms with E-state index in [2.05, 4.69) is 15.3 Å². The minimum atomic E-state index is -0.672. The van der Waals surface area contributed by atoms with Crippen LogP contribution < -0.4 is 10.9 Å². The van der Waals surface area contributed by atoms with E-state index in [1.165, 1.54) is 6.20 Å². The Morgan fingerprint density at radius 2 is 1.95 bits per heavy atom. The lowest BCUT2D eigenvalue weighted by Gasteiger charge is -2.08. The molecule has 0 aliphatic rings. The predicted octanol–water partition coefficient (Wildman–Crippen LogP) is 1.56. The van der Waals surface area contributed by atoms with Gasteiger partial charge in [0.25, 0.3) is 11.5 Å². The predicted molar refractivity (Wildman–Crippen MR) is 81.6 cm³/mol. The Morgan fingerprint density at radius 3 is 2.73 bits per heavy atom. The van der Waals surface area contributed by atoms with Crippen molar-refractivity contribution in [3.8, 4) is 5.75 Å². The third kappa shape index (κ3) is 2.54. The number of carbonyl (C=O) groups is 1. The highest BCUT2D eigenvalue weighted by Crippen LogP contribution is 2.22. The first-order chi connectivity index (χ1) is 10.7. The molecule has 3 aromatic rings. The number of pyridine rings is 2. The normalized spacial score (nSPS) is 10.5. The second kappa shape index (κ2) is 5.69. The molecule has 0 bridgehead atoms. The molecule has 3 N–H and O–H groups in total. The second-order valence-electron chi connectivity index (χ2n) is 4.75. The molecule has 0 saturated carbocycles. The Kier molecular flexibility index (Phi) is 3.57. The van der Waals surface area contributed by atoms with Crippen molar-refractivity contribution in [3.63, 3.8) is 0 Å². The summed E-state index contributed by atoms with van der Waals surface area (Å²) in [7, 11) is 0. The minimum absolute atomic E-state index is 0.240. The van der Waals surface area contributed by atoms with Crippen LogP contribution in [0.5, 0.6) is 5.75 Å². The maximum absolute atomic E-state index is 12.2. The fourth-order valence-corrected chi connectivity index (χ4v) is 2.19. The number of aromatic amines is 1. The fourth-order valence-electron chi connectivity index (χ4n) is 2.19. The largest absolute Gasteiger partial charge is 0.506 e. The third-order valence-electron chi connectivity index (χ3n) is 3.28. The van der Waals surface area contributed by atoms with Gasteiger partial charge in [-0.3, -0.25) is 9.59 Å². The molecule has 1 aromatic carbocycles. The Bertz CT molecular complexity index is 888. The van der Waals surface area contributed by atoms with Crippen molar-refractivity contribution in [1.29, 1.82) is 0 Å². The molecule has 0 aliphatic carbocycles. The molecule has 6 nitrogen and oxygen atoms in total. The van der Waals surface area contributed by atoms with Crippen molar-refractivity contribution < 1.29 is 9.90 Å². The maximum atomic E-state index is 12.2. The molecule has 0 unspecified atom stereocenters. The number of fused-ring (bicyclic) bond motifs is 1. The quantitative estimate of drug-likeness (QED) is 0.683. The molecule has 22 heavy (non-hydrogen) atoms. The highest BCUT2D eigenvalue weighted by molar-refractivity contribution is 6.01. The molecular formula is C16H13N3O3. The van der Waals surface area contributed by atoms with Gasteiger partial charge < -0.3 is 15.4 Å². The smallest absolute Gasteiger partial charge is 0.266 e. The molecule has 0 atom stereocenters. The number of rotatable bonds is 3. The van der Waals surface area contributed by atoms with Crippen molar-refractivity contribution in [3.05, 3.63) is 70.1 Å². The Morgan fingerprint density at radius 1 is 1.18 bits per heavy atom. The average Bonchev–Trinajstić information content (AvgIpc) is 2.54. The molecule has 110 valence electrons. The van der Waals surface area contributed by atoms with Crippen LogP contribution in [0.15, 0.2) is 53.5 Å². The van der Waals surface area contributed by atoms with E-state index < -0.39 is 11.5 Å². The first-order valence-corrected chi connectivity index (χ1v) is 6.69. The lowest BCUT2D eigenvalue weighted by molar-refractivity contribution is 0.0947. The third-order valence-corrected chi connectivity index (χ3v) is 3.28. The average molecular weight is 295 g/mol. The van der Waals surface area contributed by atoms with Gasteiger partial charge in [-0.05, 0) is 17.7 Å². The number of H-pyrrole nitrogens is 1. The second-order valence-corrected chi connectivity index (χ2v) is 4.75. The number of hydrogen-bond acceptors (Lipinski definition) is 4. The van der Waals surface area contributed by atoms with E-state index in [4.69, 9.17) is 0 Å². The molecule has 0 radical (unpaired) electrons. The van der Waals surface area contributed by atoms with Gasteiger partial charge >= 0.3 is 0 Å². The zero-order valence-corrected chi connectivity index (χ0v) is 11.5. The number of benzene rings is 1. The Hall–Kier alpha value is -3.15. The summed E-state index contributed by atoms with van der Waals surface area (Å²) in [5, 5.41) is 13.1. The summed E-state index contributed by atoms with van der Waals surface area (Å²) in [5.74, 6) is -0.995. The Labute approximate surface area is 125 Å². The van der Waals surface area contributed by atoms with E-state index in [1.54, 1.807) is 12.1 Å². The van der Waals surface area contributed by atoms with Crippen molar-refractivity contribution in [2.45, 2.75) is 6.54 Å². The topological polar surface area (TPSA) is 95.1 Å². The van der Waals surface area contributed by atoms with E-state index in [0.29, 0.717) is 5.39 Å². The van der Waals surface area contributed by atoms with Crippen molar-refractivity contribution in [2.75, 3.05) is 0 Å². The summed E-state index contributed by atoms with van der Waals surface area (Å²) in [5.41, 5.74) is 0.157. The van der Waals surface area contributed by atoms with E-state index >= 15 is 0 Å². The van der Waals surface area contributed by atoms with Gasteiger partial charge in [0, 0.05) is 12.7 Å². The number of hydrogen-bond donors (Lipinski definition) is 3. The summed E-state index contributed by atoms with van der Waals surface area (Å²) in [4.78, 5) is 30.6. The monoisotopic (exact) mass is 295 g/mol. The number of aromatic nitrogens is 2. The van der Waals surface area contributed by atoms with Crippen LogP contribution in [0.3, 0.4) is 0 Å². The van der Waals surface area contributed by atoms with Gasteiger partial charge in [-0.15, -0.1) is 0 Å². The lowest BCUT2D eigenvalue weighted by atomic mass is 10.1. The summed E-state index contributed by atoms with van der Waals surface area (Å²) in [6.45, 7) is 0.267. The van der Waals surface area contributed by atoms with Crippen molar-refractivity contribution >= 4 is 16.9 Å². The molecule has 3 rings (SSSR count). The van der Waals surface area contributed by atoms with Crippen LogP contribution in [0, 0.1) is 0 Å². The summed E-state index contributed by atoms with van der Waals surface area (Å²) >= 11 is 0. The van der Waals surface area contributed by atoms with Crippen LogP contribution in [0.1, 0.15) is 15.9 Å². The molecule has 1 amide bonds. The first kappa shape index (κ1) is 13.8. The van der Waals surface area contributed by atoms with E-state index in [-0.39, 0.29) is 23.5 Å². The maximum Gasteiger partial charge on any atom is 0.266 e. The van der Waals surface area contributed by atoms with Crippen molar-refractivity contribution in [1.82, 2.24) is 15.3 Å². The molecule has 0 saturated heterocycles. The first-order valence-electron chi connectivity index (χ1n) is 6.69. The zero-order valence-electron chi connectivity index (χ0n) is 11.5. The number of aromatic hydroxyl groups is 1. The van der Waals surface area contributed by atoms with Gasteiger partial charge in [0.05, 0.1) is 5.39 Å². The molecular weight excluding hydrogens is 282 g/mol. The summed E-state index contributed by atoms with van der Waals surface area (Å²) in [6, 6.07) is 12.5. The molecule has 2 aromatic heterocycles. The SMILES string of the molecule is O=C(NCc1ccccc1)c1c(O)c2cccnc2[nH]c1=O. The lowest BCUT2D eigenvalue weighted by Crippen LogP contribution is -2.29. The molecule has 2 heterocycles. The molecule has 0 spiro atoms. The number of nitrogens with zero attached hydrogens (tertiary/aromatic N) is 1. The van der Waals surface area contributed by atoms with Gasteiger partial charge in [0.1, 0.15) is 17.0 Å². The van der Waals surface area contributed by atoms with Crippen LogP contribution in [0.4, 0.5) is 0 Å². The van der Waals surface area contributed by atoms with Crippen LogP contribution in [-0.2, 0) is 6.54 Å². The fraction of sp³-hybridized carbons (Fsp3) is 0.0625.